The molecule has 0 unspecified atom stereocenters. The molecule has 1 amide bonds. The third-order valence-corrected chi connectivity index (χ3v) is 4.38. The topological polar surface area (TPSA) is 67.0 Å². The minimum Gasteiger partial charge on any atom is -0.382 e. The molecule has 1 aromatic carbocycles. The zero-order valence-electron chi connectivity index (χ0n) is 16.5. The molecule has 0 spiro atoms. The number of hydrogen-bond acceptors (Lipinski definition) is 3. The summed E-state index contributed by atoms with van der Waals surface area (Å²) < 4.78 is 7.37. The molecule has 0 bridgehead atoms. The molecule has 5 nitrogen and oxygen atoms in total. The molecule has 1 heterocycles. The second-order valence-electron chi connectivity index (χ2n) is 6.47. The summed E-state index contributed by atoms with van der Waals surface area (Å²) in [5.41, 5.74) is 5.29. The number of nitriles is 1. The van der Waals surface area contributed by atoms with E-state index in [1.165, 1.54) is 5.56 Å². The average Bonchev–Trinajstić information content (AvgIpc) is 2.93. The van der Waals surface area contributed by atoms with E-state index in [0.29, 0.717) is 19.8 Å². The summed E-state index contributed by atoms with van der Waals surface area (Å²) >= 11 is 0. The summed E-state index contributed by atoms with van der Waals surface area (Å²) in [6.45, 7) is 9.74. The molecule has 0 saturated carbocycles. The van der Waals surface area contributed by atoms with E-state index in [1.54, 1.807) is 6.08 Å². The molecule has 0 saturated heterocycles. The van der Waals surface area contributed by atoms with Gasteiger partial charge in [0, 0.05) is 36.8 Å². The zero-order valence-corrected chi connectivity index (χ0v) is 16.5. The lowest BCUT2D eigenvalue weighted by Crippen LogP contribution is -2.26. The third kappa shape index (κ3) is 5.32. The van der Waals surface area contributed by atoms with Gasteiger partial charge in [-0.1, -0.05) is 17.7 Å². The van der Waals surface area contributed by atoms with Crippen LogP contribution in [0.3, 0.4) is 0 Å². The Hall–Kier alpha value is -2.84. The number of hydrogen-bond donors (Lipinski definition) is 1. The molecule has 27 heavy (non-hydrogen) atoms. The number of ether oxygens (including phenoxy) is 1. The zero-order chi connectivity index (χ0) is 19.8. The highest BCUT2D eigenvalue weighted by atomic mass is 16.5. The predicted molar refractivity (Wildman–Crippen MR) is 108 cm³/mol. The molecule has 142 valence electrons. The van der Waals surface area contributed by atoms with Gasteiger partial charge in [0.25, 0.3) is 5.91 Å². The third-order valence-electron chi connectivity index (χ3n) is 4.38. The molecule has 2 aromatic rings. The lowest BCUT2D eigenvalue weighted by atomic mass is 10.1. The van der Waals surface area contributed by atoms with Crippen LogP contribution < -0.4 is 5.32 Å². The summed E-state index contributed by atoms with van der Waals surface area (Å²) in [6.07, 6.45) is 2.38. The molecule has 5 heteroatoms. The normalized spacial score (nSPS) is 11.3. The van der Waals surface area contributed by atoms with Crippen LogP contribution in [0.2, 0.25) is 0 Å². The smallest absolute Gasteiger partial charge is 0.261 e. The fraction of sp³-hybridized carbons (Fsp3) is 0.364. The molecule has 0 fully saturated rings. The molecule has 0 radical (unpaired) electrons. The van der Waals surface area contributed by atoms with Crippen molar-refractivity contribution in [2.75, 3.05) is 19.8 Å². The first-order valence-electron chi connectivity index (χ1n) is 9.21. The molecular weight excluding hydrogens is 338 g/mol. The number of carbonyl (C=O) groups is 1. The van der Waals surface area contributed by atoms with Gasteiger partial charge >= 0.3 is 0 Å². The van der Waals surface area contributed by atoms with E-state index in [0.717, 1.165) is 29.1 Å². The van der Waals surface area contributed by atoms with Crippen LogP contribution in [0.1, 0.15) is 35.9 Å². The quantitative estimate of drug-likeness (QED) is 0.439. The van der Waals surface area contributed by atoms with Gasteiger partial charge < -0.3 is 14.6 Å². The van der Waals surface area contributed by atoms with Crippen LogP contribution in [-0.4, -0.2) is 30.2 Å². The standard InChI is InChI=1S/C22H27N3O2/c1-5-27-12-6-11-24-22(26)20(15-23)14-19-13-17(3)25(18(19)4)21-9-7-16(2)8-10-21/h7-10,13-14H,5-6,11-12H2,1-4H3,(H,24,26)/b20-14+. The number of aromatic nitrogens is 1. The Labute approximate surface area is 161 Å². The van der Waals surface area contributed by atoms with Crippen LogP contribution in [0.4, 0.5) is 0 Å². The Morgan fingerprint density at radius 1 is 1.26 bits per heavy atom. The number of benzene rings is 1. The first kappa shape index (κ1) is 20.5. The SMILES string of the molecule is CCOCCCNC(=O)/C(C#N)=C/c1cc(C)n(-c2ccc(C)cc2)c1C. The Morgan fingerprint density at radius 2 is 1.96 bits per heavy atom. The number of nitrogens with zero attached hydrogens (tertiary/aromatic N) is 2. The Balaban J connectivity index is 2.19. The van der Waals surface area contributed by atoms with Crippen LogP contribution in [0.25, 0.3) is 11.8 Å². The van der Waals surface area contributed by atoms with Gasteiger partial charge in [0.1, 0.15) is 11.6 Å². The van der Waals surface area contributed by atoms with Crippen molar-refractivity contribution >= 4 is 12.0 Å². The van der Waals surface area contributed by atoms with Crippen molar-refractivity contribution in [1.29, 1.82) is 5.26 Å². The van der Waals surface area contributed by atoms with Gasteiger partial charge in [-0.3, -0.25) is 4.79 Å². The molecular formula is C22H27N3O2. The largest absolute Gasteiger partial charge is 0.382 e. The maximum Gasteiger partial charge on any atom is 0.261 e. The predicted octanol–water partition coefficient (Wildman–Crippen LogP) is 3.85. The average molecular weight is 365 g/mol. The Bertz CT molecular complexity index is 855. The number of amides is 1. The van der Waals surface area contributed by atoms with E-state index < -0.39 is 0 Å². The van der Waals surface area contributed by atoms with Crippen molar-refractivity contribution in [3.8, 4) is 11.8 Å². The van der Waals surface area contributed by atoms with E-state index in [9.17, 15) is 10.1 Å². The first-order valence-corrected chi connectivity index (χ1v) is 9.21. The number of aryl methyl sites for hydroxylation is 2. The monoisotopic (exact) mass is 365 g/mol. The van der Waals surface area contributed by atoms with Gasteiger partial charge in [0.05, 0.1) is 0 Å². The van der Waals surface area contributed by atoms with Crippen molar-refractivity contribution in [3.63, 3.8) is 0 Å². The van der Waals surface area contributed by atoms with Crippen LogP contribution in [-0.2, 0) is 9.53 Å². The molecule has 0 aliphatic carbocycles. The maximum absolute atomic E-state index is 12.3. The Kier molecular flexibility index (Phi) is 7.39. The van der Waals surface area contributed by atoms with Gasteiger partial charge in [-0.2, -0.15) is 5.26 Å². The minimum atomic E-state index is -0.353. The van der Waals surface area contributed by atoms with Crippen LogP contribution >= 0.6 is 0 Å². The van der Waals surface area contributed by atoms with Crippen molar-refractivity contribution in [1.82, 2.24) is 9.88 Å². The van der Waals surface area contributed by atoms with E-state index in [1.807, 2.05) is 32.9 Å². The highest BCUT2D eigenvalue weighted by Gasteiger charge is 2.13. The van der Waals surface area contributed by atoms with Crippen molar-refractivity contribution in [2.45, 2.75) is 34.1 Å². The lowest BCUT2D eigenvalue weighted by Gasteiger charge is -2.10. The summed E-state index contributed by atoms with van der Waals surface area (Å²) in [5.74, 6) is -0.353. The number of carbonyl (C=O) groups excluding carboxylic acids is 1. The van der Waals surface area contributed by atoms with E-state index in [2.05, 4.69) is 41.1 Å². The summed E-state index contributed by atoms with van der Waals surface area (Å²) in [4.78, 5) is 12.3. The summed E-state index contributed by atoms with van der Waals surface area (Å²) in [7, 11) is 0. The van der Waals surface area contributed by atoms with E-state index >= 15 is 0 Å². The maximum atomic E-state index is 12.3. The van der Waals surface area contributed by atoms with Gasteiger partial charge in [-0.05, 0) is 64.0 Å². The fourth-order valence-corrected chi connectivity index (χ4v) is 2.94. The number of nitrogens with one attached hydrogen (secondary N) is 1. The summed E-state index contributed by atoms with van der Waals surface area (Å²) in [5, 5.41) is 12.2. The van der Waals surface area contributed by atoms with Gasteiger partial charge in [-0.25, -0.2) is 0 Å². The lowest BCUT2D eigenvalue weighted by molar-refractivity contribution is -0.117. The molecule has 0 aliphatic heterocycles. The van der Waals surface area contributed by atoms with Gasteiger partial charge in [0.2, 0.25) is 0 Å². The van der Waals surface area contributed by atoms with Crippen molar-refractivity contribution in [3.05, 3.63) is 58.4 Å². The summed E-state index contributed by atoms with van der Waals surface area (Å²) in [6, 6.07) is 12.3. The Morgan fingerprint density at radius 3 is 2.59 bits per heavy atom. The van der Waals surface area contributed by atoms with E-state index in [4.69, 9.17) is 4.74 Å². The molecule has 1 aromatic heterocycles. The molecule has 0 atom stereocenters. The molecule has 0 aliphatic rings. The van der Waals surface area contributed by atoms with Crippen LogP contribution in [0.15, 0.2) is 35.9 Å². The second kappa shape index (κ2) is 9.75. The molecule has 1 N–H and O–H groups in total. The van der Waals surface area contributed by atoms with Gasteiger partial charge in [-0.15, -0.1) is 0 Å². The minimum absolute atomic E-state index is 0.107. The van der Waals surface area contributed by atoms with Crippen molar-refractivity contribution in [2.24, 2.45) is 0 Å². The highest BCUT2D eigenvalue weighted by molar-refractivity contribution is 6.01. The van der Waals surface area contributed by atoms with Gasteiger partial charge in [0.15, 0.2) is 0 Å². The van der Waals surface area contributed by atoms with Crippen molar-refractivity contribution < 1.29 is 9.53 Å². The fourth-order valence-electron chi connectivity index (χ4n) is 2.94. The second-order valence-corrected chi connectivity index (χ2v) is 6.47. The molecule has 2 rings (SSSR count). The van der Waals surface area contributed by atoms with E-state index in [-0.39, 0.29) is 11.5 Å². The number of rotatable bonds is 8. The highest BCUT2D eigenvalue weighted by Crippen LogP contribution is 2.23. The van der Waals surface area contributed by atoms with Crippen LogP contribution in [0.5, 0.6) is 0 Å². The first-order chi connectivity index (χ1) is 13.0. The van der Waals surface area contributed by atoms with Crippen LogP contribution in [0, 0.1) is 32.1 Å².